The van der Waals surface area contributed by atoms with Gasteiger partial charge in [0.25, 0.3) is 11.6 Å². The Labute approximate surface area is 161 Å². The third-order valence-electron chi connectivity index (χ3n) is 4.84. The molecule has 0 spiro atoms. The Morgan fingerprint density at radius 2 is 2.00 bits per heavy atom. The third-order valence-corrected chi connectivity index (χ3v) is 4.84. The Morgan fingerprint density at radius 1 is 1.25 bits per heavy atom. The van der Waals surface area contributed by atoms with E-state index in [1.54, 1.807) is 12.1 Å². The van der Waals surface area contributed by atoms with Crippen molar-refractivity contribution in [3.05, 3.63) is 35.9 Å². The number of nitrogens with zero attached hydrogens (tertiary/aromatic N) is 3. The number of ether oxygens (including phenoxy) is 1. The molecule has 0 aliphatic heterocycles. The highest BCUT2D eigenvalue weighted by molar-refractivity contribution is 5.93. The maximum absolute atomic E-state index is 13.3. The van der Waals surface area contributed by atoms with Crippen LogP contribution >= 0.6 is 0 Å². The number of aryl methyl sites for hydroxylation is 1. The molecule has 0 saturated heterocycles. The number of amides is 1. The molecule has 2 heterocycles. The second-order valence-corrected chi connectivity index (χ2v) is 6.85. The molecular weight excluding hydrogens is 363 g/mol. The third kappa shape index (κ3) is 3.81. The van der Waals surface area contributed by atoms with Gasteiger partial charge in [-0.3, -0.25) is 4.79 Å². The monoisotopic (exact) mass is 384 g/mol. The predicted octanol–water partition coefficient (Wildman–Crippen LogP) is 3.42. The number of hydrogen-bond donors (Lipinski definition) is 1. The summed E-state index contributed by atoms with van der Waals surface area (Å²) in [4.78, 5) is 21.0. The van der Waals surface area contributed by atoms with E-state index >= 15 is 0 Å². The zero-order valence-electron chi connectivity index (χ0n) is 15.6. The molecule has 3 aromatic rings. The van der Waals surface area contributed by atoms with Crippen molar-refractivity contribution in [3.8, 4) is 17.1 Å². The van der Waals surface area contributed by atoms with Gasteiger partial charge >= 0.3 is 0 Å². The lowest BCUT2D eigenvalue weighted by Crippen LogP contribution is -2.36. The molecule has 2 aromatic heterocycles. The zero-order valence-corrected chi connectivity index (χ0v) is 15.6. The number of carbonyl (C=O) groups excluding carboxylic acids is 1. The Morgan fingerprint density at radius 3 is 2.71 bits per heavy atom. The molecule has 0 atom stereocenters. The Hall–Kier alpha value is -3.03. The van der Waals surface area contributed by atoms with Crippen LogP contribution in [0.15, 0.2) is 28.8 Å². The number of fused-ring (bicyclic) bond motifs is 1. The fourth-order valence-corrected chi connectivity index (χ4v) is 3.41. The van der Waals surface area contributed by atoms with Gasteiger partial charge in [0, 0.05) is 18.0 Å². The number of aromatic nitrogens is 3. The fourth-order valence-electron chi connectivity index (χ4n) is 3.41. The number of benzene rings is 1. The standard InChI is InChI=1S/C20H21FN4O3/c1-2-15-23-19(27-11-16(26)22-14-5-3-4-6-14)17-18(25-28-20(17)24-15)12-7-9-13(21)10-8-12/h7-10,14H,2-6,11H2,1H3,(H,22,26). The number of nitrogens with one attached hydrogen (secondary N) is 1. The smallest absolute Gasteiger partial charge is 0.265 e. The molecule has 0 radical (unpaired) electrons. The van der Waals surface area contributed by atoms with Crippen LogP contribution in [0, 0.1) is 5.82 Å². The Bertz CT molecular complexity index is 981. The van der Waals surface area contributed by atoms with Crippen LogP contribution in [0.3, 0.4) is 0 Å². The lowest BCUT2D eigenvalue weighted by Gasteiger charge is -2.12. The van der Waals surface area contributed by atoms with Crippen molar-refractivity contribution in [2.24, 2.45) is 0 Å². The lowest BCUT2D eigenvalue weighted by molar-refractivity contribution is -0.123. The SMILES string of the molecule is CCc1nc(OCC(=O)NC2CCCC2)c2c(-c3ccc(F)cc3)noc2n1. The maximum atomic E-state index is 13.3. The minimum Gasteiger partial charge on any atom is -0.467 e. The molecule has 1 aliphatic rings. The molecule has 0 unspecified atom stereocenters. The summed E-state index contributed by atoms with van der Waals surface area (Å²) in [5.74, 6) is 0.238. The van der Waals surface area contributed by atoms with Crippen LogP contribution in [0.25, 0.3) is 22.4 Å². The van der Waals surface area contributed by atoms with E-state index in [4.69, 9.17) is 9.26 Å². The summed E-state index contributed by atoms with van der Waals surface area (Å²) in [5, 5.41) is 7.52. The summed E-state index contributed by atoms with van der Waals surface area (Å²) >= 11 is 0. The van der Waals surface area contributed by atoms with E-state index in [1.807, 2.05) is 6.92 Å². The van der Waals surface area contributed by atoms with Gasteiger partial charge in [-0.1, -0.05) is 24.9 Å². The molecule has 146 valence electrons. The van der Waals surface area contributed by atoms with E-state index in [0.717, 1.165) is 25.7 Å². The molecule has 7 nitrogen and oxygen atoms in total. The van der Waals surface area contributed by atoms with Crippen LogP contribution in [-0.2, 0) is 11.2 Å². The molecule has 28 heavy (non-hydrogen) atoms. The second-order valence-electron chi connectivity index (χ2n) is 6.85. The van der Waals surface area contributed by atoms with Crippen LogP contribution < -0.4 is 10.1 Å². The van der Waals surface area contributed by atoms with E-state index in [2.05, 4.69) is 20.4 Å². The van der Waals surface area contributed by atoms with Crippen molar-refractivity contribution in [2.45, 2.75) is 45.1 Å². The van der Waals surface area contributed by atoms with Gasteiger partial charge in [-0.25, -0.2) is 4.39 Å². The van der Waals surface area contributed by atoms with Gasteiger partial charge in [-0.05, 0) is 37.1 Å². The summed E-state index contributed by atoms with van der Waals surface area (Å²) in [6, 6.07) is 6.09. The van der Waals surface area contributed by atoms with Gasteiger partial charge in [0.1, 0.15) is 22.7 Å². The highest BCUT2D eigenvalue weighted by Crippen LogP contribution is 2.33. The summed E-state index contributed by atoms with van der Waals surface area (Å²) in [5.41, 5.74) is 1.37. The van der Waals surface area contributed by atoms with Gasteiger partial charge in [0.15, 0.2) is 6.61 Å². The van der Waals surface area contributed by atoms with E-state index in [9.17, 15) is 9.18 Å². The molecule has 1 aromatic carbocycles. The highest BCUT2D eigenvalue weighted by atomic mass is 19.1. The quantitative estimate of drug-likeness (QED) is 0.700. The first-order valence-corrected chi connectivity index (χ1v) is 9.48. The van der Waals surface area contributed by atoms with Crippen LogP contribution in [0.5, 0.6) is 5.88 Å². The van der Waals surface area contributed by atoms with Gasteiger partial charge < -0.3 is 14.6 Å². The fraction of sp³-hybridized carbons (Fsp3) is 0.400. The van der Waals surface area contributed by atoms with Crippen molar-refractivity contribution in [3.63, 3.8) is 0 Å². The van der Waals surface area contributed by atoms with Crippen LogP contribution in [0.2, 0.25) is 0 Å². The topological polar surface area (TPSA) is 90.1 Å². The summed E-state index contributed by atoms with van der Waals surface area (Å²) in [6.07, 6.45) is 4.86. The molecule has 8 heteroatoms. The van der Waals surface area contributed by atoms with E-state index in [1.165, 1.54) is 12.1 Å². The average molecular weight is 384 g/mol. The molecule has 1 amide bonds. The van der Waals surface area contributed by atoms with Crippen molar-refractivity contribution in [2.75, 3.05) is 6.61 Å². The van der Waals surface area contributed by atoms with Gasteiger partial charge in [-0.15, -0.1) is 0 Å². The van der Waals surface area contributed by atoms with E-state index in [0.29, 0.717) is 28.9 Å². The number of rotatable bonds is 6. The normalized spacial score (nSPS) is 14.5. The van der Waals surface area contributed by atoms with Gasteiger partial charge in [0.2, 0.25) is 5.88 Å². The molecule has 1 fully saturated rings. The Kier molecular flexibility index (Phi) is 5.18. The lowest BCUT2D eigenvalue weighted by atomic mass is 10.1. The largest absolute Gasteiger partial charge is 0.467 e. The first kappa shape index (κ1) is 18.3. The van der Waals surface area contributed by atoms with Crippen molar-refractivity contribution >= 4 is 17.0 Å². The summed E-state index contributed by atoms with van der Waals surface area (Å²) < 4.78 is 24.4. The molecule has 1 N–H and O–H groups in total. The minimum atomic E-state index is -0.346. The van der Waals surface area contributed by atoms with E-state index in [-0.39, 0.29) is 36.0 Å². The summed E-state index contributed by atoms with van der Waals surface area (Å²) in [7, 11) is 0. The summed E-state index contributed by atoms with van der Waals surface area (Å²) in [6.45, 7) is 1.76. The van der Waals surface area contributed by atoms with Crippen molar-refractivity contribution in [1.29, 1.82) is 0 Å². The highest BCUT2D eigenvalue weighted by Gasteiger charge is 2.22. The second kappa shape index (κ2) is 7.92. The Balaban J connectivity index is 1.62. The molecule has 1 aliphatic carbocycles. The van der Waals surface area contributed by atoms with Crippen molar-refractivity contribution < 1.29 is 18.4 Å². The number of halogens is 1. The molecule has 1 saturated carbocycles. The van der Waals surface area contributed by atoms with E-state index < -0.39 is 0 Å². The van der Waals surface area contributed by atoms with Gasteiger partial charge in [-0.2, -0.15) is 9.97 Å². The zero-order chi connectivity index (χ0) is 19.5. The van der Waals surface area contributed by atoms with Crippen molar-refractivity contribution in [1.82, 2.24) is 20.4 Å². The maximum Gasteiger partial charge on any atom is 0.265 e. The number of hydrogen-bond acceptors (Lipinski definition) is 6. The molecule has 4 rings (SSSR count). The average Bonchev–Trinajstić information content (AvgIpc) is 3.36. The van der Waals surface area contributed by atoms with Crippen LogP contribution in [0.1, 0.15) is 38.4 Å². The number of carbonyl (C=O) groups is 1. The first-order valence-electron chi connectivity index (χ1n) is 9.48. The predicted molar refractivity (Wildman–Crippen MR) is 100 cm³/mol. The first-order chi connectivity index (χ1) is 13.6. The van der Waals surface area contributed by atoms with Crippen LogP contribution in [0.4, 0.5) is 4.39 Å². The van der Waals surface area contributed by atoms with Gasteiger partial charge in [0.05, 0.1) is 0 Å². The minimum absolute atomic E-state index is 0.153. The molecule has 0 bridgehead atoms. The van der Waals surface area contributed by atoms with Crippen LogP contribution in [-0.4, -0.2) is 33.7 Å². The molecular formula is C20H21FN4O3.